The van der Waals surface area contributed by atoms with Crippen molar-refractivity contribution in [3.05, 3.63) is 35.9 Å². The van der Waals surface area contributed by atoms with Crippen LogP contribution in [0.25, 0.3) is 0 Å². The molecule has 1 aliphatic heterocycles. The first-order valence-corrected chi connectivity index (χ1v) is 4.70. The maximum absolute atomic E-state index is 5.63. The summed E-state index contributed by atoms with van der Waals surface area (Å²) in [6, 6.07) is 10.2. The molecule has 0 radical (unpaired) electrons. The van der Waals surface area contributed by atoms with Crippen LogP contribution in [-0.2, 0) is 9.47 Å². The zero-order chi connectivity index (χ0) is 9.10. The Morgan fingerprint density at radius 3 is 2.69 bits per heavy atom. The molecule has 2 unspecified atom stereocenters. The summed E-state index contributed by atoms with van der Waals surface area (Å²) in [5.74, 6) is 0. The predicted octanol–water partition coefficient (Wildman–Crippen LogP) is 2.16. The third-order valence-electron chi connectivity index (χ3n) is 2.17. The number of benzene rings is 1. The second-order valence-electron chi connectivity index (χ2n) is 3.16. The van der Waals surface area contributed by atoms with Crippen LogP contribution in [0, 0.1) is 0 Å². The van der Waals surface area contributed by atoms with Crippen LogP contribution >= 0.6 is 0 Å². The molecule has 13 heavy (non-hydrogen) atoms. The molecular weight excluding hydrogens is 164 g/mol. The highest BCUT2D eigenvalue weighted by atomic mass is 16.6. The normalized spacial score (nSPS) is 22.7. The topological polar surface area (TPSA) is 21.8 Å². The molecule has 1 aromatic carbocycles. The monoisotopic (exact) mass is 178 g/mol. The Bertz CT molecular complexity index is 254. The van der Waals surface area contributed by atoms with E-state index in [0.29, 0.717) is 0 Å². The maximum atomic E-state index is 5.63. The average molecular weight is 178 g/mol. The van der Waals surface area contributed by atoms with Crippen molar-refractivity contribution in [1.82, 2.24) is 0 Å². The summed E-state index contributed by atoms with van der Waals surface area (Å²) < 4.78 is 10.9. The van der Waals surface area contributed by atoms with Gasteiger partial charge in [-0.3, -0.25) is 0 Å². The Labute approximate surface area is 78.5 Å². The Morgan fingerprint density at radius 1 is 1.46 bits per heavy atom. The smallest absolute Gasteiger partial charge is 0.111 e. The second-order valence-corrected chi connectivity index (χ2v) is 3.16. The van der Waals surface area contributed by atoms with E-state index in [4.69, 9.17) is 9.47 Å². The molecule has 1 saturated heterocycles. The van der Waals surface area contributed by atoms with Gasteiger partial charge in [-0.1, -0.05) is 30.3 Å². The minimum atomic E-state index is 0.131. The fourth-order valence-corrected chi connectivity index (χ4v) is 1.47. The SMILES string of the molecule is CCOC(c1ccccc1)C1CO1. The van der Waals surface area contributed by atoms with Crippen LogP contribution in [0.15, 0.2) is 30.3 Å². The van der Waals surface area contributed by atoms with Crippen molar-refractivity contribution >= 4 is 0 Å². The number of epoxide rings is 1. The highest BCUT2D eigenvalue weighted by Crippen LogP contribution is 2.30. The highest BCUT2D eigenvalue weighted by Gasteiger charge is 2.34. The molecule has 1 fully saturated rings. The van der Waals surface area contributed by atoms with Gasteiger partial charge in [0, 0.05) is 6.61 Å². The molecule has 0 saturated carbocycles. The van der Waals surface area contributed by atoms with Gasteiger partial charge in [0.2, 0.25) is 0 Å². The molecule has 70 valence electrons. The molecule has 1 aromatic rings. The molecule has 2 rings (SSSR count). The first-order chi connectivity index (χ1) is 6.42. The van der Waals surface area contributed by atoms with Crippen LogP contribution < -0.4 is 0 Å². The van der Waals surface area contributed by atoms with Gasteiger partial charge in [-0.2, -0.15) is 0 Å². The maximum Gasteiger partial charge on any atom is 0.111 e. The summed E-state index contributed by atoms with van der Waals surface area (Å²) in [5.41, 5.74) is 1.21. The van der Waals surface area contributed by atoms with Gasteiger partial charge in [0.15, 0.2) is 0 Å². The van der Waals surface area contributed by atoms with Gasteiger partial charge in [-0.05, 0) is 12.5 Å². The first kappa shape index (κ1) is 8.73. The first-order valence-electron chi connectivity index (χ1n) is 4.70. The van der Waals surface area contributed by atoms with E-state index in [-0.39, 0.29) is 12.2 Å². The van der Waals surface area contributed by atoms with Crippen LogP contribution in [0.3, 0.4) is 0 Å². The largest absolute Gasteiger partial charge is 0.371 e. The second kappa shape index (κ2) is 3.90. The molecule has 2 nitrogen and oxygen atoms in total. The minimum Gasteiger partial charge on any atom is -0.371 e. The summed E-state index contributed by atoms with van der Waals surface area (Å²) in [5, 5.41) is 0. The van der Waals surface area contributed by atoms with Crippen LogP contribution in [0.2, 0.25) is 0 Å². The Hall–Kier alpha value is -0.860. The molecule has 0 amide bonds. The number of ether oxygens (including phenoxy) is 2. The van der Waals surface area contributed by atoms with Crippen molar-refractivity contribution in [2.75, 3.05) is 13.2 Å². The van der Waals surface area contributed by atoms with E-state index in [1.807, 2.05) is 25.1 Å². The van der Waals surface area contributed by atoms with E-state index in [2.05, 4.69) is 12.1 Å². The zero-order valence-corrected chi connectivity index (χ0v) is 7.77. The molecular formula is C11H14O2. The lowest BCUT2D eigenvalue weighted by Crippen LogP contribution is -2.10. The van der Waals surface area contributed by atoms with Crippen molar-refractivity contribution in [3.8, 4) is 0 Å². The molecule has 0 aliphatic carbocycles. The fourth-order valence-electron chi connectivity index (χ4n) is 1.47. The van der Waals surface area contributed by atoms with Gasteiger partial charge in [0.05, 0.1) is 6.61 Å². The quantitative estimate of drug-likeness (QED) is 0.659. The molecule has 1 heterocycles. The van der Waals surface area contributed by atoms with E-state index < -0.39 is 0 Å². The standard InChI is InChI=1S/C11H14O2/c1-2-12-11(10-8-13-10)9-6-4-3-5-7-9/h3-7,10-11H,2,8H2,1H3. The Morgan fingerprint density at radius 2 is 2.15 bits per heavy atom. The van der Waals surface area contributed by atoms with Gasteiger partial charge in [0.25, 0.3) is 0 Å². The number of hydrogen-bond donors (Lipinski definition) is 0. The van der Waals surface area contributed by atoms with Gasteiger partial charge < -0.3 is 9.47 Å². The summed E-state index contributed by atoms with van der Waals surface area (Å²) in [4.78, 5) is 0. The van der Waals surface area contributed by atoms with Gasteiger partial charge in [-0.15, -0.1) is 0 Å². The zero-order valence-electron chi connectivity index (χ0n) is 7.77. The number of hydrogen-bond acceptors (Lipinski definition) is 2. The summed E-state index contributed by atoms with van der Waals surface area (Å²) in [6.45, 7) is 3.58. The van der Waals surface area contributed by atoms with Crippen LogP contribution in [0.4, 0.5) is 0 Å². The molecule has 0 aromatic heterocycles. The van der Waals surface area contributed by atoms with Gasteiger partial charge >= 0.3 is 0 Å². The van der Waals surface area contributed by atoms with E-state index >= 15 is 0 Å². The lowest BCUT2D eigenvalue weighted by atomic mass is 10.1. The van der Waals surface area contributed by atoms with E-state index in [9.17, 15) is 0 Å². The molecule has 1 aliphatic rings. The Balaban J connectivity index is 2.10. The minimum absolute atomic E-state index is 0.131. The highest BCUT2D eigenvalue weighted by molar-refractivity contribution is 5.19. The van der Waals surface area contributed by atoms with Gasteiger partial charge in [0.1, 0.15) is 12.2 Å². The fraction of sp³-hybridized carbons (Fsp3) is 0.455. The summed E-state index contributed by atoms with van der Waals surface area (Å²) in [6.07, 6.45) is 0.411. The molecule has 0 bridgehead atoms. The van der Waals surface area contributed by atoms with Crippen molar-refractivity contribution in [1.29, 1.82) is 0 Å². The Kier molecular flexibility index (Phi) is 2.62. The summed E-state index contributed by atoms with van der Waals surface area (Å²) >= 11 is 0. The summed E-state index contributed by atoms with van der Waals surface area (Å²) in [7, 11) is 0. The molecule has 0 spiro atoms. The lowest BCUT2D eigenvalue weighted by Gasteiger charge is -2.14. The van der Waals surface area contributed by atoms with Crippen LogP contribution in [0.5, 0.6) is 0 Å². The molecule has 2 heteroatoms. The van der Waals surface area contributed by atoms with Gasteiger partial charge in [-0.25, -0.2) is 0 Å². The third-order valence-corrected chi connectivity index (χ3v) is 2.17. The van der Waals surface area contributed by atoms with Crippen molar-refractivity contribution < 1.29 is 9.47 Å². The molecule has 2 atom stereocenters. The van der Waals surface area contributed by atoms with Crippen LogP contribution in [-0.4, -0.2) is 19.3 Å². The van der Waals surface area contributed by atoms with E-state index in [1.54, 1.807) is 0 Å². The lowest BCUT2D eigenvalue weighted by molar-refractivity contribution is 0.0408. The van der Waals surface area contributed by atoms with E-state index in [0.717, 1.165) is 13.2 Å². The van der Waals surface area contributed by atoms with Crippen molar-refractivity contribution in [2.45, 2.75) is 19.1 Å². The third kappa shape index (κ3) is 2.08. The average Bonchev–Trinajstić information content (AvgIpc) is 2.99. The number of rotatable bonds is 4. The predicted molar refractivity (Wildman–Crippen MR) is 50.5 cm³/mol. The van der Waals surface area contributed by atoms with Crippen molar-refractivity contribution in [3.63, 3.8) is 0 Å². The van der Waals surface area contributed by atoms with Crippen molar-refractivity contribution in [2.24, 2.45) is 0 Å². The van der Waals surface area contributed by atoms with Crippen LogP contribution in [0.1, 0.15) is 18.6 Å². The molecule has 0 N–H and O–H groups in total. The van der Waals surface area contributed by atoms with E-state index in [1.165, 1.54) is 5.56 Å².